The van der Waals surface area contributed by atoms with E-state index in [0.717, 1.165) is 6.42 Å². The van der Waals surface area contributed by atoms with Crippen molar-refractivity contribution in [3.63, 3.8) is 0 Å². The second-order valence-corrected chi connectivity index (χ2v) is 7.22. The lowest BCUT2D eigenvalue weighted by molar-refractivity contribution is -0.0193. The lowest BCUT2D eigenvalue weighted by Crippen LogP contribution is -2.26. The van der Waals surface area contributed by atoms with E-state index in [1.165, 1.54) is 0 Å². The smallest absolute Gasteiger partial charge is 0.232 e. The van der Waals surface area contributed by atoms with Gasteiger partial charge < -0.3 is 4.74 Å². The van der Waals surface area contributed by atoms with Crippen molar-refractivity contribution >= 4 is 19.7 Å². The summed E-state index contributed by atoms with van der Waals surface area (Å²) in [6, 6.07) is 0. The van der Waals surface area contributed by atoms with Gasteiger partial charge in [0, 0.05) is 10.7 Å². The topological polar surface area (TPSA) is 43.4 Å². The van der Waals surface area contributed by atoms with Crippen molar-refractivity contribution in [1.29, 1.82) is 0 Å². The molecule has 0 heterocycles. The Labute approximate surface area is 91.2 Å². The van der Waals surface area contributed by atoms with Crippen molar-refractivity contribution in [3.8, 4) is 0 Å². The standard InChI is InChI=1S/C9H19ClO3S/c1-5-8(7-14(10,11)12)6-13-9(2,3)4/h8H,5-7H2,1-4H3. The fraction of sp³-hybridized carbons (Fsp3) is 1.00. The van der Waals surface area contributed by atoms with Crippen LogP contribution in [0.4, 0.5) is 0 Å². The molecule has 3 nitrogen and oxygen atoms in total. The average Bonchev–Trinajstić information content (AvgIpc) is 1.94. The molecule has 0 aromatic rings. The highest BCUT2D eigenvalue weighted by Crippen LogP contribution is 2.15. The monoisotopic (exact) mass is 242 g/mol. The van der Waals surface area contributed by atoms with E-state index in [1.807, 2.05) is 27.7 Å². The quantitative estimate of drug-likeness (QED) is 0.696. The summed E-state index contributed by atoms with van der Waals surface area (Å²) >= 11 is 0. The molecule has 5 heteroatoms. The molecule has 0 rings (SSSR count). The highest BCUT2D eigenvalue weighted by atomic mass is 35.7. The number of hydrogen-bond acceptors (Lipinski definition) is 3. The SMILES string of the molecule is CCC(COC(C)(C)C)CS(=O)(=O)Cl. The summed E-state index contributed by atoms with van der Waals surface area (Å²) < 4.78 is 27.2. The summed E-state index contributed by atoms with van der Waals surface area (Å²) in [5.74, 6) is -0.0297. The molecule has 0 radical (unpaired) electrons. The molecular formula is C9H19ClO3S. The van der Waals surface area contributed by atoms with Crippen molar-refractivity contribution in [1.82, 2.24) is 0 Å². The first-order valence-electron chi connectivity index (χ1n) is 4.70. The number of hydrogen-bond donors (Lipinski definition) is 0. The first-order chi connectivity index (χ1) is 6.14. The Balaban J connectivity index is 4.06. The molecule has 1 atom stereocenters. The van der Waals surface area contributed by atoms with Gasteiger partial charge in [0.2, 0.25) is 9.05 Å². The van der Waals surface area contributed by atoms with Crippen molar-refractivity contribution in [2.75, 3.05) is 12.4 Å². The minimum Gasteiger partial charge on any atom is -0.376 e. The summed E-state index contributed by atoms with van der Waals surface area (Å²) in [4.78, 5) is 0. The van der Waals surface area contributed by atoms with Gasteiger partial charge in [-0.15, -0.1) is 0 Å². The van der Waals surface area contributed by atoms with Crippen LogP contribution in [0.5, 0.6) is 0 Å². The lowest BCUT2D eigenvalue weighted by Gasteiger charge is -2.23. The zero-order valence-electron chi connectivity index (χ0n) is 9.21. The van der Waals surface area contributed by atoms with E-state index in [-0.39, 0.29) is 17.3 Å². The minimum absolute atomic E-state index is 0.0128. The van der Waals surface area contributed by atoms with Gasteiger partial charge in [-0.2, -0.15) is 0 Å². The van der Waals surface area contributed by atoms with E-state index in [4.69, 9.17) is 15.4 Å². The van der Waals surface area contributed by atoms with E-state index < -0.39 is 9.05 Å². The highest BCUT2D eigenvalue weighted by molar-refractivity contribution is 8.13. The molecule has 0 spiro atoms. The first-order valence-corrected chi connectivity index (χ1v) is 7.18. The van der Waals surface area contributed by atoms with Crippen LogP contribution >= 0.6 is 10.7 Å². The molecule has 0 amide bonds. The van der Waals surface area contributed by atoms with Crippen molar-refractivity contribution in [2.24, 2.45) is 5.92 Å². The Morgan fingerprint density at radius 1 is 1.36 bits per heavy atom. The van der Waals surface area contributed by atoms with Crippen LogP contribution in [-0.4, -0.2) is 26.4 Å². The Morgan fingerprint density at radius 2 is 1.86 bits per heavy atom. The van der Waals surface area contributed by atoms with E-state index in [0.29, 0.717) is 6.61 Å². The number of ether oxygens (including phenoxy) is 1. The van der Waals surface area contributed by atoms with Gasteiger partial charge in [-0.3, -0.25) is 0 Å². The maximum atomic E-state index is 10.8. The molecular weight excluding hydrogens is 224 g/mol. The van der Waals surface area contributed by atoms with Gasteiger partial charge in [0.25, 0.3) is 0 Å². The molecule has 0 aromatic heterocycles. The summed E-state index contributed by atoms with van der Waals surface area (Å²) in [5.41, 5.74) is -0.233. The molecule has 0 fully saturated rings. The fourth-order valence-electron chi connectivity index (χ4n) is 0.933. The predicted molar refractivity (Wildman–Crippen MR) is 59.1 cm³/mol. The van der Waals surface area contributed by atoms with E-state index in [9.17, 15) is 8.42 Å². The van der Waals surface area contributed by atoms with Crippen LogP contribution in [0.2, 0.25) is 0 Å². The molecule has 0 aromatic carbocycles. The van der Waals surface area contributed by atoms with Crippen LogP contribution in [0.3, 0.4) is 0 Å². The molecule has 0 N–H and O–H groups in total. The van der Waals surface area contributed by atoms with Crippen LogP contribution in [0.25, 0.3) is 0 Å². The van der Waals surface area contributed by atoms with Crippen LogP contribution in [0, 0.1) is 5.92 Å². The Kier molecular flexibility index (Phi) is 5.41. The van der Waals surface area contributed by atoms with Crippen molar-refractivity contribution < 1.29 is 13.2 Å². The van der Waals surface area contributed by atoms with Gasteiger partial charge in [0.05, 0.1) is 18.0 Å². The first kappa shape index (κ1) is 14.2. The third kappa shape index (κ3) is 8.78. The summed E-state index contributed by atoms with van der Waals surface area (Å²) in [7, 11) is 1.76. The van der Waals surface area contributed by atoms with E-state index in [1.54, 1.807) is 0 Å². The number of halogens is 1. The third-order valence-corrected chi connectivity index (χ3v) is 3.01. The lowest BCUT2D eigenvalue weighted by atomic mass is 10.1. The molecule has 1 unspecified atom stereocenters. The van der Waals surface area contributed by atoms with Gasteiger partial charge in [-0.05, 0) is 26.7 Å². The maximum Gasteiger partial charge on any atom is 0.232 e. The minimum atomic E-state index is -3.41. The number of rotatable bonds is 5. The van der Waals surface area contributed by atoms with Crippen LogP contribution in [0.1, 0.15) is 34.1 Å². The molecule has 0 saturated heterocycles. The van der Waals surface area contributed by atoms with Gasteiger partial charge in [0.15, 0.2) is 0 Å². The largest absolute Gasteiger partial charge is 0.376 e. The summed E-state index contributed by atoms with van der Waals surface area (Å²) in [6.45, 7) is 8.18. The Bertz CT molecular complexity index is 254. The van der Waals surface area contributed by atoms with Gasteiger partial charge in [-0.25, -0.2) is 8.42 Å². The van der Waals surface area contributed by atoms with Crippen LogP contribution < -0.4 is 0 Å². The Hall–Kier alpha value is 0.200. The summed E-state index contributed by atoms with van der Waals surface area (Å²) in [5, 5.41) is 0. The van der Waals surface area contributed by atoms with Crippen molar-refractivity contribution in [3.05, 3.63) is 0 Å². The maximum absolute atomic E-state index is 10.8. The molecule has 0 aliphatic rings. The highest BCUT2D eigenvalue weighted by Gasteiger charge is 2.18. The second kappa shape index (κ2) is 5.33. The molecule has 14 heavy (non-hydrogen) atoms. The normalized spacial score (nSPS) is 15.5. The van der Waals surface area contributed by atoms with Crippen molar-refractivity contribution in [2.45, 2.75) is 39.7 Å². The second-order valence-electron chi connectivity index (χ2n) is 4.40. The van der Waals surface area contributed by atoms with E-state index in [2.05, 4.69) is 0 Å². The summed E-state index contributed by atoms with van der Waals surface area (Å²) in [6.07, 6.45) is 0.752. The zero-order valence-corrected chi connectivity index (χ0v) is 10.8. The molecule has 86 valence electrons. The molecule has 0 aliphatic carbocycles. The third-order valence-electron chi connectivity index (χ3n) is 1.76. The van der Waals surface area contributed by atoms with Gasteiger partial charge >= 0.3 is 0 Å². The molecule has 0 bridgehead atoms. The van der Waals surface area contributed by atoms with E-state index >= 15 is 0 Å². The molecule has 0 aliphatic heterocycles. The van der Waals surface area contributed by atoms with Crippen LogP contribution in [-0.2, 0) is 13.8 Å². The predicted octanol–water partition coefficient (Wildman–Crippen LogP) is 2.40. The van der Waals surface area contributed by atoms with Gasteiger partial charge in [-0.1, -0.05) is 13.3 Å². The fourth-order valence-corrected chi connectivity index (χ4v) is 2.36. The zero-order chi connectivity index (χ0) is 11.4. The molecule has 0 saturated carbocycles. The Morgan fingerprint density at radius 3 is 2.14 bits per heavy atom. The average molecular weight is 243 g/mol. The van der Waals surface area contributed by atoms with Crippen LogP contribution in [0.15, 0.2) is 0 Å². The van der Waals surface area contributed by atoms with Gasteiger partial charge in [0.1, 0.15) is 0 Å².